The van der Waals surface area contributed by atoms with Gasteiger partial charge < -0.3 is 29.2 Å². The molecule has 18 rings (SSSR count). The first kappa shape index (κ1) is 78.8. The van der Waals surface area contributed by atoms with Crippen LogP contribution in [0.25, 0.3) is 21.5 Å². The number of hydrogen-bond acceptors (Lipinski definition) is 10. The molecule has 10 nitrogen and oxygen atoms in total. The van der Waals surface area contributed by atoms with Gasteiger partial charge in [0.05, 0.1) is 41.4 Å². The van der Waals surface area contributed by atoms with E-state index in [1.807, 2.05) is 36.4 Å². The molecule has 16 aromatic rings. The molecule has 0 amide bonds. The zero-order valence-electron chi connectivity index (χ0n) is 66.9. The van der Waals surface area contributed by atoms with Crippen LogP contribution in [0.4, 0.5) is 0 Å². The summed E-state index contributed by atoms with van der Waals surface area (Å²) in [6.07, 6.45) is -8.46. The molecule has 0 aromatic heterocycles. The van der Waals surface area contributed by atoms with E-state index >= 15 is 5.11 Å². The van der Waals surface area contributed by atoms with Gasteiger partial charge in [0.2, 0.25) is 0 Å². The number of aliphatic hydroxyl groups excluding tert-OH is 2. The second-order valence-electron chi connectivity index (χ2n) is 31.7. The highest BCUT2D eigenvalue weighted by atomic mass is 16.7. The van der Waals surface area contributed by atoms with Crippen molar-refractivity contribution in [1.29, 1.82) is 0 Å². The molecule has 1 saturated carbocycles. The van der Waals surface area contributed by atoms with Crippen molar-refractivity contribution in [3.8, 4) is 0 Å². The molecule has 2 aliphatic rings. The monoisotopic (exact) mass is 1570 g/mol. The molecule has 10 atom stereocenters. The molecule has 1 aliphatic carbocycles. The molecule has 2 fully saturated rings. The standard InChI is InChI=1S/C110H98N4O6/c115-101-99(76-111-107(85-45-13-1-14-46-85,86-47-15-2-16-48-86)87-49-17-3-18-50-87)119-106(100(105(101)118-78-80-70-72-82-42-38-40-44-84(82)74-80)114-110(94-63-31-10-32-64-94,95-65-33-11-34-66-95)96-67-35-12-36-68-96)120-104-98(113-109(91-57-25-7-26-58-91,92-59-27-8-28-60-92)93-61-29-9-30-62-93)75-97(103(102(104)116)117-77-79-69-71-81-41-37-39-43-83(81)73-79)112-108(88-51-19-4-20-52-88,89-53-21-5-22-54-89)90-55-23-6-24-56-90/h1-74,97-106,111-116H,75-78H2/t97-,98+,99-,100-,101-,102-,103+,104-,105-,106-/m1/s1. The fraction of sp³-hybridized carbons (Fsp3) is 0.164. The van der Waals surface area contributed by atoms with E-state index in [1.165, 1.54) is 0 Å². The first-order valence-electron chi connectivity index (χ1n) is 41.9. The number of aliphatic hydroxyl groups is 2. The summed E-state index contributed by atoms with van der Waals surface area (Å²) in [4.78, 5) is 0. The van der Waals surface area contributed by atoms with E-state index in [2.05, 4.69) is 434 Å². The fourth-order valence-corrected chi connectivity index (χ4v) is 19.0. The second kappa shape index (κ2) is 36.1. The van der Waals surface area contributed by atoms with E-state index in [4.69, 9.17) is 18.9 Å². The van der Waals surface area contributed by atoms with Crippen LogP contribution >= 0.6 is 0 Å². The molecular weight excluding hydrogens is 1470 g/mol. The van der Waals surface area contributed by atoms with Gasteiger partial charge in [0.1, 0.15) is 36.6 Å². The van der Waals surface area contributed by atoms with E-state index in [0.29, 0.717) is 0 Å². The molecule has 0 unspecified atom stereocenters. The third-order valence-electron chi connectivity index (χ3n) is 24.7. The van der Waals surface area contributed by atoms with Crippen LogP contribution in [0.5, 0.6) is 0 Å². The maximum Gasteiger partial charge on any atom is 0.176 e. The minimum Gasteiger partial charge on any atom is -0.388 e. The van der Waals surface area contributed by atoms with Gasteiger partial charge in [-0.25, -0.2) is 0 Å². The Labute approximate surface area is 703 Å². The zero-order chi connectivity index (χ0) is 81.0. The van der Waals surface area contributed by atoms with Crippen LogP contribution in [0.1, 0.15) is 84.3 Å². The molecule has 1 saturated heterocycles. The van der Waals surface area contributed by atoms with Gasteiger partial charge in [0.15, 0.2) is 6.29 Å². The summed E-state index contributed by atoms with van der Waals surface area (Å²) in [5.41, 5.74) is 8.94. The predicted octanol–water partition coefficient (Wildman–Crippen LogP) is 20.1. The predicted molar refractivity (Wildman–Crippen MR) is 481 cm³/mol. The number of fused-ring (bicyclic) bond motifs is 2. The Morgan fingerprint density at radius 3 is 0.833 bits per heavy atom. The Balaban J connectivity index is 0.876. The minimum absolute atomic E-state index is 0.0571. The van der Waals surface area contributed by atoms with E-state index in [1.54, 1.807) is 0 Å². The number of hydrogen-bond donors (Lipinski definition) is 6. The van der Waals surface area contributed by atoms with Crippen LogP contribution in [0.15, 0.2) is 449 Å². The topological polar surface area (TPSA) is 126 Å². The normalized spacial score (nSPS) is 19.7. The van der Waals surface area contributed by atoms with Crippen molar-refractivity contribution in [2.45, 2.75) is 103 Å². The fourth-order valence-electron chi connectivity index (χ4n) is 19.0. The SMILES string of the molecule is O[C@@H]1[C@@H](OCc2ccc3ccccc3c2)[C@H](NC(c2ccccc2)(c2ccccc2)c2ccccc2)C[C@H](NC(c2ccccc2)(c2ccccc2)c2ccccc2)[C@H]1O[C@H]1O[C@H](CNC(c2ccccc2)(c2ccccc2)c2ccccc2)[C@@H](O)[C@H](OCc2ccc3ccccc3c2)[C@H]1NC(c1ccccc1)(c1ccccc1)c1ccccc1. The lowest BCUT2D eigenvalue weighted by Gasteiger charge is -2.54. The summed E-state index contributed by atoms with van der Waals surface area (Å²) in [5, 5.41) is 51.6. The number of rotatable bonds is 29. The first-order chi connectivity index (χ1) is 59.3. The third kappa shape index (κ3) is 15.8. The Kier molecular flexibility index (Phi) is 23.7. The number of nitrogens with one attached hydrogen (secondary N) is 4. The highest BCUT2D eigenvalue weighted by molar-refractivity contribution is 5.84. The van der Waals surface area contributed by atoms with Crippen molar-refractivity contribution in [3.05, 3.63) is 527 Å². The van der Waals surface area contributed by atoms with Crippen LogP contribution in [-0.4, -0.2) is 77.8 Å². The summed E-state index contributed by atoms with van der Waals surface area (Å²) >= 11 is 0. The molecule has 1 heterocycles. The maximum atomic E-state index is 15.2. The molecule has 0 spiro atoms. The van der Waals surface area contributed by atoms with Gasteiger partial charge in [-0.1, -0.05) is 437 Å². The summed E-state index contributed by atoms with van der Waals surface area (Å²) in [6, 6.07) is 154. The molecule has 6 N–H and O–H groups in total. The molecule has 1 aliphatic heterocycles. The minimum atomic E-state index is -1.48. The van der Waals surface area contributed by atoms with Crippen LogP contribution in [0.2, 0.25) is 0 Å². The summed E-state index contributed by atoms with van der Waals surface area (Å²) in [5.74, 6) is 0. The molecule has 10 heteroatoms. The Morgan fingerprint density at radius 1 is 0.267 bits per heavy atom. The molecule has 120 heavy (non-hydrogen) atoms. The lowest BCUT2D eigenvalue weighted by atomic mass is 9.72. The lowest BCUT2D eigenvalue weighted by Crippen LogP contribution is -2.72. The van der Waals surface area contributed by atoms with Crippen LogP contribution in [-0.2, 0) is 54.3 Å². The van der Waals surface area contributed by atoms with Gasteiger partial charge in [0, 0.05) is 18.6 Å². The maximum absolute atomic E-state index is 15.2. The van der Waals surface area contributed by atoms with E-state index in [9.17, 15) is 5.11 Å². The van der Waals surface area contributed by atoms with Crippen molar-refractivity contribution in [2.75, 3.05) is 6.54 Å². The molecule has 0 bridgehead atoms. The van der Waals surface area contributed by atoms with E-state index in [0.717, 1.165) is 99.4 Å². The third-order valence-corrected chi connectivity index (χ3v) is 24.7. The van der Waals surface area contributed by atoms with Crippen molar-refractivity contribution < 1.29 is 29.2 Å². The first-order valence-corrected chi connectivity index (χ1v) is 41.9. The number of ether oxygens (including phenoxy) is 4. The Morgan fingerprint density at radius 2 is 0.525 bits per heavy atom. The van der Waals surface area contributed by atoms with Gasteiger partial charge >= 0.3 is 0 Å². The number of benzene rings is 16. The largest absolute Gasteiger partial charge is 0.388 e. The molecular formula is C110H98N4O6. The van der Waals surface area contributed by atoms with Gasteiger partial charge in [-0.05, 0) is 118 Å². The highest BCUT2D eigenvalue weighted by Gasteiger charge is 2.57. The second-order valence-corrected chi connectivity index (χ2v) is 31.7. The van der Waals surface area contributed by atoms with Crippen LogP contribution in [0.3, 0.4) is 0 Å². The summed E-state index contributed by atoms with van der Waals surface area (Å²) in [7, 11) is 0. The quantitative estimate of drug-likeness (QED) is 0.0253. The van der Waals surface area contributed by atoms with Crippen molar-refractivity contribution in [1.82, 2.24) is 21.3 Å². The van der Waals surface area contributed by atoms with Crippen molar-refractivity contribution in [2.24, 2.45) is 0 Å². The summed E-state index contributed by atoms with van der Waals surface area (Å²) in [6.45, 7) is 0.269. The highest BCUT2D eigenvalue weighted by Crippen LogP contribution is 2.47. The Bertz CT molecular complexity index is 5530. The van der Waals surface area contributed by atoms with Gasteiger partial charge in [-0.15, -0.1) is 0 Å². The van der Waals surface area contributed by atoms with Gasteiger partial charge in [-0.3, -0.25) is 21.3 Å². The van der Waals surface area contributed by atoms with Crippen LogP contribution in [0, 0.1) is 0 Å². The van der Waals surface area contributed by atoms with E-state index < -0.39 is 83.2 Å². The molecule has 594 valence electrons. The van der Waals surface area contributed by atoms with Crippen molar-refractivity contribution in [3.63, 3.8) is 0 Å². The molecule has 16 aromatic carbocycles. The summed E-state index contributed by atoms with van der Waals surface area (Å²) < 4.78 is 32.2. The van der Waals surface area contributed by atoms with Gasteiger partial charge in [0.25, 0.3) is 0 Å². The Hall–Kier alpha value is -12.4. The van der Waals surface area contributed by atoms with Crippen LogP contribution < -0.4 is 21.3 Å². The van der Waals surface area contributed by atoms with Gasteiger partial charge in [-0.2, -0.15) is 0 Å². The zero-order valence-corrected chi connectivity index (χ0v) is 66.9. The van der Waals surface area contributed by atoms with Crippen molar-refractivity contribution >= 4 is 21.5 Å². The molecule has 0 radical (unpaired) electrons. The lowest BCUT2D eigenvalue weighted by molar-refractivity contribution is -0.304. The average Bonchev–Trinajstić information content (AvgIpc) is 0.748. The average molecular weight is 1570 g/mol. The van der Waals surface area contributed by atoms with E-state index in [-0.39, 0.29) is 26.2 Å². The smallest absolute Gasteiger partial charge is 0.176 e.